The Balaban J connectivity index is 1.44. The molecule has 7 heteroatoms. The second-order valence-electron chi connectivity index (χ2n) is 7.47. The normalized spacial score (nSPS) is 11.0. The zero-order valence-corrected chi connectivity index (χ0v) is 19.3. The van der Waals surface area contributed by atoms with Gasteiger partial charge in [0.05, 0.1) is 18.4 Å². The maximum Gasteiger partial charge on any atom is 0.275 e. The second kappa shape index (κ2) is 10.7. The van der Waals surface area contributed by atoms with Crippen molar-refractivity contribution in [3.05, 3.63) is 101 Å². The van der Waals surface area contributed by atoms with Crippen LogP contribution in [0.3, 0.4) is 0 Å². The van der Waals surface area contributed by atoms with Gasteiger partial charge in [0, 0.05) is 5.02 Å². The number of phenolic OH excluding ortho intramolecular Hbond substituents is 1. The summed E-state index contributed by atoms with van der Waals surface area (Å²) < 4.78 is 11.6. The zero-order valence-electron chi connectivity index (χ0n) is 18.5. The molecular formula is C27H23ClN2O4. The van der Waals surface area contributed by atoms with Crippen LogP contribution < -0.4 is 14.9 Å². The molecule has 0 aromatic heterocycles. The topological polar surface area (TPSA) is 80.2 Å². The number of hydrogen-bond acceptors (Lipinski definition) is 5. The molecule has 2 N–H and O–H groups in total. The van der Waals surface area contributed by atoms with Crippen LogP contribution in [0.4, 0.5) is 0 Å². The van der Waals surface area contributed by atoms with Gasteiger partial charge in [0.1, 0.15) is 12.4 Å². The average Bonchev–Trinajstić information content (AvgIpc) is 2.83. The highest BCUT2D eigenvalue weighted by atomic mass is 35.5. The van der Waals surface area contributed by atoms with Gasteiger partial charge in [-0.15, -0.1) is 0 Å². The van der Waals surface area contributed by atoms with Gasteiger partial charge in [-0.05, 0) is 71.3 Å². The predicted octanol–water partition coefficient (Wildman–Crippen LogP) is 5.94. The molecule has 172 valence electrons. The van der Waals surface area contributed by atoms with Gasteiger partial charge in [0.25, 0.3) is 5.91 Å². The summed E-state index contributed by atoms with van der Waals surface area (Å²) in [7, 11) is 0. The molecule has 6 nitrogen and oxygen atoms in total. The van der Waals surface area contributed by atoms with Crippen LogP contribution in [0.25, 0.3) is 10.8 Å². The van der Waals surface area contributed by atoms with Crippen LogP contribution in [-0.2, 0) is 6.61 Å². The van der Waals surface area contributed by atoms with E-state index < -0.39 is 5.91 Å². The average molecular weight is 475 g/mol. The number of nitrogens with one attached hydrogen (secondary N) is 1. The Labute approximate surface area is 202 Å². The minimum absolute atomic E-state index is 0.105. The Morgan fingerprint density at radius 1 is 0.971 bits per heavy atom. The number of ether oxygens (including phenoxy) is 2. The smallest absolute Gasteiger partial charge is 0.275 e. The lowest BCUT2D eigenvalue weighted by atomic mass is 10.1. The van der Waals surface area contributed by atoms with Gasteiger partial charge in [0.15, 0.2) is 11.5 Å². The van der Waals surface area contributed by atoms with Crippen molar-refractivity contribution in [1.29, 1.82) is 0 Å². The highest BCUT2D eigenvalue weighted by Gasteiger charge is 2.12. The number of carbonyl (C=O) groups excluding carboxylic acids is 1. The van der Waals surface area contributed by atoms with Crippen LogP contribution in [0.1, 0.15) is 28.4 Å². The minimum atomic E-state index is -0.508. The quantitative estimate of drug-likeness (QED) is 0.244. The molecule has 0 bridgehead atoms. The lowest BCUT2D eigenvalue weighted by Gasteiger charge is -2.13. The van der Waals surface area contributed by atoms with E-state index in [-0.39, 0.29) is 11.3 Å². The fourth-order valence-corrected chi connectivity index (χ4v) is 3.63. The summed E-state index contributed by atoms with van der Waals surface area (Å²) in [6.45, 7) is 2.70. The van der Waals surface area contributed by atoms with E-state index >= 15 is 0 Å². The van der Waals surface area contributed by atoms with Gasteiger partial charge >= 0.3 is 0 Å². The number of aromatic hydroxyl groups is 1. The van der Waals surface area contributed by atoms with Crippen LogP contribution in [0, 0.1) is 0 Å². The minimum Gasteiger partial charge on any atom is -0.507 e. The van der Waals surface area contributed by atoms with Crippen molar-refractivity contribution in [2.24, 2.45) is 5.10 Å². The van der Waals surface area contributed by atoms with Crippen molar-refractivity contribution in [3.63, 3.8) is 0 Å². The van der Waals surface area contributed by atoms with Crippen LogP contribution in [0.5, 0.6) is 17.2 Å². The molecule has 0 fully saturated rings. The van der Waals surface area contributed by atoms with E-state index in [4.69, 9.17) is 21.1 Å². The number of phenols is 1. The standard InChI is InChI=1S/C27H23ClN2O4/c1-2-33-26-13-18(10-11-25(26)34-17-19-6-5-9-22(28)12-19)16-29-30-27(32)23-14-20-7-3-4-8-21(20)15-24(23)31/h3-16,31H,2,17H2,1H3,(H,30,32)/b29-16-. The number of amides is 1. The SMILES string of the molecule is CCOc1cc(/C=N\NC(=O)c2cc3ccccc3cc2O)ccc1OCc1cccc(Cl)c1. The van der Waals surface area contributed by atoms with Gasteiger partial charge in [0.2, 0.25) is 0 Å². The first-order chi connectivity index (χ1) is 16.5. The van der Waals surface area contributed by atoms with Crippen LogP contribution in [0.15, 0.2) is 84.0 Å². The lowest BCUT2D eigenvalue weighted by molar-refractivity contribution is 0.0952. The van der Waals surface area contributed by atoms with Crippen molar-refractivity contribution < 1.29 is 19.4 Å². The van der Waals surface area contributed by atoms with E-state index in [2.05, 4.69) is 10.5 Å². The maximum absolute atomic E-state index is 12.5. The molecule has 0 aliphatic rings. The number of fused-ring (bicyclic) bond motifs is 1. The van der Waals surface area contributed by atoms with E-state index in [1.165, 1.54) is 6.21 Å². The molecule has 4 aromatic carbocycles. The Hall–Kier alpha value is -4.03. The van der Waals surface area contributed by atoms with Crippen LogP contribution in [0.2, 0.25) is 5.02 Å². The molecule has 0 spiro atoms. The highest BCUT2D eigenvalue weighted by molar-refractivity contribution is 6.30. The molecular weight excluding hydrogens is 452 g/mol. The van der Waals surface area contributed by atoms with Gasteiger partial charge in [-0.25, -0.2) is 5.43 Å². The molecule has 0 unspecified atom stereocenters. The number of nitrogens with zero attached hydrogens (tertiary/aromatic N) is 1. The lowest BCUT2D eigenvalue weighted by Crippen LogP contribution is -2.17. The third kappa shape index (κ3) is 5.66. The molecule has 4 aromatic rings. The zero-order chi connectivity index (χ0) is 23.9. The molecule has 0 atom stereocenters. The summed E-state index contributed by atoms with van der Waals surface area (Å²) in [6, 6.07) is 23.5. The van der Waals surface area contributed by atoms with Crippen LogP contribution >= 0.6 is 11.6 Å². The summed E-state index contributed by atoms with van der Waals surface area (Å²) in [5, 5.41) is 16.6. The first-order valence-corrected chi connectivity index (χ1v) is 11.1. The monoisotopic (exact) mass is 474 g/mol. The summed E-state index contributed by atoms with van der Waals surface area (Å²) in [6.07, 6.45) is 1.50. The Bertz CT molecular complexity index is 1350. The van der Waals surface area contributed by atoms with Crippen molar-refractivity contribution in [2.75, 3.05) is 6.61 Å². The molecule has 4 rings (SSSR count). The summed E-state index contributed by atoms with van der Waals surface area (Å²) in [5.41, 5.74) is 4.26. The molecule has 0 aliphatic carbocycles. The molecule has 0 heterocycles. The maximum atomic E-state index is 12.5. The summed E-state index contributed by atoms with van der Waals surface area (Å²) in [5.74, 6) is 0.535. The van der Waals surface area contributed by atoms with Crippen molar-refractivity contribution in [2.45, 2.75) is 13.5 Å². The third-order valence-electron chi connectivity index (χ3n) is 5.04. The molecule has 0 saturated heterocycles. The molecule has 34 heavy (non-hydrogen) atoms. The van der Waals surface area contributed by atoms with E-state index in [1.54, 1.807) is 30.3 Å². The number of carbonyl (C=O) groups is 1. The van der Waals surface area contributed by atoms with E-state index in [0.717, 1.165) is 16.3 Å². The first-order valence-electron chi connectivity index (χ1n) is 10.7. The molecule has 0 aliphatic heterocycles. The van der Waals surface area contributed by atoms with Crippen molar-refractivity contribution in [3.8, 4) is 17.2 Å². The van der Waals surface area contributed by atoms with Crippen molar-refractivity contribution >= 4 is 34.5 Å². The van der Waals surface area contributed by atoms with E-state index in [9.17, 15) is 9.90 Å². The second-order valence-corrected chi connectivity index (χ2v) is 7.91. The molecule has 0 radical (unpaired) electrons. The molecule has 0 saturated carbocycles. The number of benzene rings is 4. The van der Waals surface area contributed by atoms with E-state index in [1.807, 2.05) is 55.5 Å². The van der Waals surface area contributed by atoms with E-state index in [0.29, 0.717) is 35.3 Å². The Morgan fingerprint density at radius 3 is 2.53 bits per heavy atom. The third-order valence-corrected chi connectivity index (χ3v) is 5.27. The van der Waals surface area contributed by atoms with Gasteiger partial charge in [-0.1, -0.05) is 48.0 Å². The largest absolute Gasteiger partial charge is 0.507 e. The highest BCUT2D eigenvalue weighted by Crippen LogP contribution is 2.29. The summed E-state index contributed by atoms with van der Waals surface area (Å²) >= 11 is 6.03. The van der Waals surface area contributed by atoms with Gasteiger partial charge < -0.3 is 14.6 Å². The number of rotatable bonds is 8. The fourth-order valence-electron chi connectivity index (χ4n) is 3.42. The van der Waals surface area contributed by atoms with Crippen LogP contribution in [-0.4, -0.2) is 23.8 Å². The first kappa shape index (κ1) is 23.1. The molecule has 1 amide bonds. The predicted molar refractivity (Wildman–Crippen MR) is 134 cm³/mol. The van der Waals surface area contributed by atoms with Crippen molar-refractivity contribution in [1.82, 2.24) is 5.43 Å². The van der Waals surface area contributed by atoms with Gasteiger partial charge in [-0.2, -0.15) is 5.10 Å². The fraction of sp³-hybridized carbons (Fsp3) is 0.111. The Morgan fingerprint density at radius 2 is 1.76 bits per heavy atom. The van der Waals surface area contributed by atoms with Gasteiger partial charge in [-0.3, -0.25) is 4.79 Å². The number of halogens is 1. The number of hydrogen-bond donors (Lipinski definition) is 2. The number of hydrazone groups is 1. The Kier molecular flexibility index (Phi) is 7.30. The summed E-state index contributed by atoms with van der Waals surface area (Å²) in [4.78, 5) is 12.5.